The molecule has 0 saturated heterocycles. The van der Waals surface area contributed by atoms with E-state index in [1.807, 2.05) is 0 Å². The first-order valence-corrected chi connectivity index (χ1v) is 7.72. The zero-order valence-corrected chi connectivity index (χ0v) is 12.7. The zero-order chi connectivity index (χ0) is 15.4. The molecule has 1 aromatic carbocycles. The lowest BCUT2D eigenvalue weighted by atomic mass is 10.3. The Morgan fingerprint density at radius 3 is 2.64 bits per heavy atom. The van der Waals surface area contributed by atoms with Crippen molar-refractivity contribution in [3.05, 3.63) is 30.1 Å². The number of nitrogens with zero attached hydrogens (tertiary/aromatic N) is 8. The highest BCUT2D eigenvalue weighted by Gasteiger charge is 2.12. The number of tetrazole rings is 2. The van der Waals surface area contributed by atoms with Crippen molar-refractivity contribution in [1.29, 1.82) is 0 Å². The van der Waals surface area contributed by atoms with Gasteiger partial charge in [-0.05, 0) is 51.5 Å². The van der Waals surface area contributed by atoms with Gasteiger partial charge in [-0.15, -0.1) is 10.2 Å². The molecule has 3 rings (SSSR count). The third kappa shape index (κ3) is 3.06. The number of aromatic hydroxyl groups is 1. The van der Waals surface area contributed by atoms with Crippen molar-refractivity contribution in [1.82, 2.24) is 40.4 Å². The first kappa shape index (κ1) is 14.4. The van der Waals surface area contributed by atoms with E-state index >= 15 is 0 Å². The summed E-state index contributed by atoms with van der Waals surface area (Å²) in [5, 5.41) is 33.3. The second kappa shape index (κ2) is 6.52. The SMILES string of the molecule is CCCn1nnnc1CSc1nnnn1-c1ccc(O)cc1. The van der Waals surface area contributed by atoms with Gasteiger partial charge in [0.25, 0.3) is 0 Å². The molecular weight excluding hydrogens is 304 g/mol. The van der Waals surface area contributed by atoms with Crippen molar-refractivity contribution in [2.45, 2.75) is 30.8 Å². The molecule has 0 atom stereocenters. The molecule has 0 aliphatic carbocycles. The van der Waals surface area contributed by atoms with Gasteiger partial charge in [-0.1, -0.05) is 18.7 Å². The Balaban J connectivity index is 1.75. The molecule has 0 aliphatic rings. The minimum atomic E-state index is 0.199. The average Bonchev–Trinajstić information content (AvgIpc) is 3.15. The Bertz CT molecular complexity index is 738. The van der Waals surface area contributed by atoms with Gasteiger partial charge in [0.1, 0.15) is 5.75 Å². The number of rotatable bonds is 6. The molecule has 0 bridgehead atoms. The molecule has 0 unspecified atom stereocenters. The molecular formula is C12H14N8OS. The highest BCUT2D eigenvalue weighted by molar-refractivity contribution is 7.98. The van der Waals surface area contributed by atoms with E-state index in [0.717, 1.165) is 24.5 Å². The van der Waals surface area contributed by atoms with E-state index in [2.05, 4.69) is 38.0 Å². The monoisotopic (exact) mass is 318 g/mol. The summed E-state index contributed by atoms with van der Waals surface area (Å²) in [6.07, 6.45) is 0.966. The molecule has 9 nitrogen and oxygen atoms in total. The summed E-state index contributed by atoms with van der Waals surface area (Å²) in [6.45, 7) is 2.86. The van der Waals surface area contributed by atoms with E-state index in [1.54, 1.807) is 33.6 Å². The van der Waals surface area contributed by atoms with Gasteiger partial charge in [-0.25, -0.2) is 4.68 Å². The first-order valence-electron chi connectivity index (χ1n) is 6.73. The third-order valence-electron chi connectivity index (χ3n) is 2.91. The lowest BCUT2D eigenvalue weighted by molar-refractivity contribution is 0.475. The van der Waals surface area contributed by atoms with E-state index in [0.29, 0.717) is 10.9 Å². The summed E-state index contributed by atoms with van der Waals surface area (Å²) >= 11 is 1.45. The molecule has 22 heavy (non-hydrogen) atoms. The van der Waals surface area contributed by atoms with Crippen molar-refractivity contribution in [3.8, 4) is 11.4 Å². The van der Waals surface area contributed by atoms with Crippen molar-refractivity contribution in [3.63, 3.8) is 0 Å². The van der Waals surface area contributed by atoms with E-state index in [4.69, 9.17) is 0 Å². The highest BCUT2D eigenvalue weighted by Crippen LogP contribution is 2.22. The third-order valence-corrected chi connectivity index (χ3v) is 3.82. The molecule has 1 N–H and O–H groups in total. The van der Waals surface area contributed by atoms with Crippen LogP contribution in [0.1, 0.15) is 19.2 Å². The summed E-state index contributed by atoms with van der Waals surface area (Å²) in [5.41, 5.74) is 0.776. The topological polar surface area (TPSA) is 107 Å². The number of aromatic nitrogens is 8. The Labute approximate surface area is 130 Å². The summed E-state index contributed by atoms with van der Waals surface area (Å²) in [5.74, 6) is 1.56. The first-order chi connectivity index (χ1) is 10.8. The fourth-order valence-electron chi connectivity index (χ4n) is 1.87. The van der Waals surface area contributed by atoms with Gasteiger partial charge >= 0.3 is 0 Å². The number of thioether (sulfide) groups is 1. The van der Waals surface area contributed by atoms with Crippen LogP contribution in [0.15, 0.2) is 29.4 Å². The van der Waals surface area contributed by atoms with Gasteiger partial charge < -0.3 is 5.11 Å². The molecule has 2 aromatic heterocycles. The maximum absolute atomic E-state index is 9.34. The minimum absolute atomic E-state index is 0.199. The second-order valence-electron chi connectivity index (χ2n) is 4.50. The molecule has 114 valence electrons. The standard InChI is InChI=1S/C12H14N8OS/c1-2-7-19-11(13-15-17-19)8-22-12-14-16-18-20(12)9-3-5-10(21)6-4-9/h3-6,21H,2,7-8H2,1H3. The summed E-state index contributed by atoms with van der Waals surface area (Å²) in [6, 6.07) is 6.67. The molecule has 0 amide bonds. The van der Waals surface area contributed by atoms with Crippen molar-refractivity contribution >= 4 is 11.8 Å². The van der Waals surface area contributed by atoms with Crippen LogP contribution in [0, 0.1) is 0 Å². The second-order valence-corrected chi connectivity index (χ2v) is 5.44. The minimum Gasteiger partial charge on any atom is -0.508 e. The van der Waals surface area contributed by atoms with E-state index in [9.17, 15) is 5.11 Å². The number of phenolic OH excluding ortho intramolecular Hbond substituents is 1. The van der Waals surface area contributed by atoms with Crippen LogP contribution in [0.4, 0.5) is 0 Å². The largest absolute Gasteiger partial charge is 0.508 e. The molecule has 10 heteroatoms. The Morgan fingerprint density at radius 1 is 1.09 bits per heavy atom. The fraction of sp³-hybridized carbons (Fsp3) is 0.333. The smallest absolute Gasteiger partial charge is 0.214 e. The van der Waals surface area contributed by atoms with Gasteiger partial charge in [-0.2, -0.15) is 4.68 Å². The Kier molecular flexibility index (Phi) is 4.28. The van der Waals surface area contributed by atoms with E-state index in [1.165, 1.54) is 11.8 Å². The Hall–Kier alpha value is -2.49. The van der Waals surface area contributed by atoms with E-state index < -0.39 is 0 Å². The van der Waals surface area contributed by atoms with Crippen LogP contribution in [0.2, 0.25) is 0 Å². The predicted octanol–water partition coefficient (Wildman–Crippen LogP) is 1.06. The summed E-state index contributed by atoms with van der Waals surface area (Å²) in [4.78, 5) is 0. The van der Waals surface area contributed by atoms with Crippen molar-refractivity contribution < 1.29 is 5.11 Å². The molecule has 0 fully saturated rings. The predicted molar refractivity (Wildman–Crippen MR) is 78.5 cm³/mol. The normalized spacial score (nSPS) is 11.0. The molecule has 2 heterocycles. The number of benzene rings is 1. The number of hydrogen-bond acceptors (Lipinski definition) is 8. The average molecular weight is 318 g/mol. The number of aryl methyl sites for hydroxylation is 1. The molecule has 3 aromatic rings. The van der Waals surface area contributed by atoms with Gasteiger partial charge in [0.05, 0.1) is 11.4 Å². The molecule has 0 aliphatic heterocycles. The summed E-state index contributed by atoms with van der Waals surface area (Å²) < 4.78 is 3.39. The number of phenols is 1. The molecule has 0 saturated carbocycles. The van der Waals surface area contributed by atoms with Gasteiger partial charge in [-0.3, -0.25) is 0 Å². The zero-order valence-electron chi connectivity index (χ0n) is 11.9. The maximum Gasteiger partial charge on any atom is 0.214 e. The van der Waals surface area contributed by atoms with Crippen LogP contribution >= 0.6 is 11.8 Å². The molecule has 0 spiro atoms. The van der Waals surface area contributed by atoms with Crippen molar-refractivity contribution in [2.75, 3.05) is 0 Å². The highest BCUT2D eigenvalue weighted by atomic mass is 32.2. The van der Waals surface area contributed by atoms with Gasteiger partial charge in [0, 0.05) is 6.54 Å². The van der Waals surface area contributed by atoms with Crippen LogP contribution in [0.25, 0.3) is 5.69 Å². The van der Waals surface area contributed by atoms with Crippen molar-refractivity contribution in [2.24, 2.45) is 0 Å². The fourth-order valence-corrected chi connectivity index (χ4v) is 2.69. The van der Waals surface area contributed by atoms with Gasteiger partial charge in [0.2, 0.25) is 5.16 Å². The number of hydrogen-bond donors (Lipinski definition) is 1. The Morgan fingerprint density at radius 2 is 1.86 bits per heavy atom. The van der Waals surface area contributed by atoms with Crippen LogP contribution in [-0.4, -0.2) is 45.5 Å². The van der Waals surface area contributed by atoms with Gasteiger partial charge in [0.15, 0.2) is 5.82 Å². The quantitative estimate of drug-likeness (QED) is 0.672. The van der Waals surface area contributed by atoms with Crippen LogP contribution < -0.4 is 0 Å². The van der Waals surface area contributed by atoms with Crippen LogP contribution in [-0.2, 0) is 12.3 Å². The van der Waals surface area contributed by atoms with Crippen LogP contribution in [0.5, 0.6) is 5.75 Å². The molecule has 0 radical (unpaired) electrons. The van der Waals surface area contributed by atoms with Crippen LogP contribution in [0.3, 0.4) is 0 Å². The summed E-state index contributed by atoms with van der Waals surface area (Å²) in [7, 11) is 0. The lowest BCUT2D eigenvalue weighted by Crippen LogP contribution is -2.05. The maximum atomic E-state index is 9.34. The lowest BCUT2D eigenvalue weighted by Gasteiger charge is -2.04. The van der Waals surface area contributed by atoms with E-state index in [-0.39, 0.29) is 5.75 Å².